The molecule has 3 N–H and O–H groups in total. The summed E-state index contributed by atoms with van der Waals surface area (Å²) in [6, 6.07) is 7.13. The van der Waals surface area contributed by atoms with Crippen LogP contribution in [0.3, 0.4) is 0 Å². The highest BCUT2D eigenvalue weighted by Gasteiger charge is 2.48. The van der Waals surface area contributed by atoms with Gasteiger partial charge < -0.3 is 20.2 Å². The number of hydrogen-bond donors (Lipinski definition) is 2. The van der Waals surface area contributed by atoms with Crippen molar-refractivity contribution in [3.05, 3.63) is 29.3 Å². The minimum absolute atomic E-state index is 0.0601. The molecule has 0 bridgehead atoms. The van der Waals surface area contributed by atoms with Gasteiger partial charge in [-0.15, -0.1) is 5.10 Å². The molecule has 0 radical (unpaired) electrons. The first-order valence-electron chi connectivity index (χ1n) is 8.68. The molecule has 2 fully saturated rings. The molecule has 1 aromatic carbocycles. The zero-order valence-corrected chi connectivity index (χ0v) is 15.4. The normalized spacial score (nSPS) is 18.3. The first-order valence-corrected chi connectivity index (χ1v) is 9.05. The Kier molecular flexibility index (Phi) is 5.48. The lowest BCUT2D eigenvalue weighted by atomic mass is 10.1. The van der Waals surface area contributed by atoms with Gasteiger partial charge in [-0.1, -0.05) is 16.7 Å². The first-order chi connectivity index (χ1) is 12.4. The van der Waals surface area contributed by atoms with Crippen LogP contribution in [0.2, 0.25) is 5.02 Å². The number of benzene rings is 1. The molecule has 1 atom stereocenters. The van der Waals surface area contributed by atoms with E-state index in [9.17, 15) is 4.79 Å². The van der Waals surface area contributed by atoms with E-state index in [0.29, 0.717) is 16.3 Å². The third-order valence-electron chi connectivity index (χ3n) is 4.75. The van der Waals surface area contributed by atoms with Crippen LogP contribution in [-0.2, 0) is 4.79 Å². The van der Waals surface area contributed by atoms with Gasteiger partial charge in [0.05, 0.1) is 12.5 Å². The average molecular weight is 379 g/mol. The number of aliphatic hydroxyl groups excluding tert-OH is 1. The van der Waals surface area contributed by atoms with Crippen molar-refractivity contribution in [3.63, 3.8) is 0 Å². The topological polar surface area (TPSA) is 105 Å². The van der Waals surface area contributed by atoms with Gasteiger partial charge in [0, 0.05) is 23.7 Å². The number of halogens is 1. The van der Waals surface area contributed by atoms with E-state index in [1.807, 2.05) is 4.90 Å². The van der Waals surface area contributed by atoms with E-state index in [0.717, 1.165) is 18.7 Å². The Labute approximate surface area is 157 Å². The summed E-state index contributed by atoms with van der Waals surface area (Å²) in [5.41, 5.74) is 6.59. The molecule has 1 aliphatic carbocycles. The van der Waals surface area contributed by atoms with E-state index in [2.05, 4.69) is 10.2 Å². The van der Waals surface area contributed by atoms with E-state index in [1.165, 1.54) is 19.3 Å². The van der Waals surface area contributed by atoms with Gasteiger partial charge in [0.2, 0.25) is 11.8 Å². The number of nitrogens with zero attached hydrogens (tertiary/aromatic N) is 3. The minimum Gasteiger partial charge on any atom is -0.404 e. The van der Waals surface area contributed by atoms with Gasteiger partial charge in [0.1, 0.15) is 0 Å². The van der Waals surface area contributed by atoms with E-state index in [4.69, 9.17) is 26.9 Å². The number of aromatic nitrogens is 2. The van der Waals surface area contributed by atoms with Crippen LogP contribution in [-0.4, -0.2) is 45.3 Å². The maximum Gasteiger partial charge on any atom is 0.313 e. The Morgan fingerprint density at radius 1 is 1.35 bits per heavy atom. The number of rotatable bonds is 3. The number of carbonyl (C=O) groups is 1. The van der Waals surface area contributed by atoms with E-state index < -0.39 is 6.10 Å². The predicted octanol–water partition coefficient (Wildman–Crippen LogP) is 2.74. The minimum atomic E-state index is -0.497. The molecule has 1 saturated carbocycles. The number of nitrogen functional groups attached to an aromatic ring is 1. The van der Waals surface area contributed by atoms with Crippen molar-refractivity contribution < 1.29 is 14.3 Å². The smallest absolute Gasteiger partial charge is 0.313 e. The summed E-state index contributed by atoms with van der Waals surface area (Å²) in [4.78, 5) is 13.5. The molecular weight excluding hydrogens is 356 g/mol. The largest absolute Gasteiger partial charge is 0.404 e. The third kappa shape index (κ3) is 4.74. The number of amides is 1. The van der Waals surface area contributed by atoms with Crippen molar-refractivity contribution in [2.24, 2.45) is 5.41 Å². The number of anilines is 1. The van der Waals surface area contributed by atoms with Crippen LogP contribution in [0.4, 0.5) is 6.01 Å². The summed E-state index contributed by atoms with van der Waals surface area (Å²) in [6.45, 7) is 3.52. The van der Waals surface area contributed by atoms with E-state index >= 15 is 0 Å². The molecule has 26 heavy (non-hydrogen) atoms. The lowest BCUT2D eigenvalue weighted by Crippen LogP contribution is -2.31. The summed E-state index contributed by atoms with van der Waals surface area (Å²) in [6.07, 6.45) is 3.56. The first kappa shape index (κ1) is 18.7. The predicted molar refractivity (Wildman–Crippen MR) is 98.3 cm³/mol. The van der Waals surface area contributed by atoms with E-state index in [1.54, 1.807) is 31.2 Å². The molecule has 4 rings (SSSR count). The third-order valence-corrected chi connectivity index (χ3v) is 5.00. The second-order valence-corrected chi connectivity index (χ2v) is 7.51. The Hall–Kier alpha value is -2.12. The summed E-state index contributed by atoms with van der Waals surface area (Å²) in [5.74, 6) is 0.521. The number of carbonyl (C=O) groups excluding carboxylic acids is 1. The Morgan fingerprint density at radius 3 is 2.54 bits per heavy atom. The molecule has 1 amide bonds. The van der Waals surface area contributed by atoms with Crippen LogP contribution in [0.15, 0.2) is 28.7 Å². The fourth-order valence-electron chi connectivity index (χ4n) is 3.06. The van der Waals surface area contributed by atoms with E-state index in [-0.39, 0.29) is 18.3 Å². The quantitative estimate of drug-likeness (QED) is 0.850. The van der Waals surface area contributed by atoms with Crippen LogP contribution < -0.4 is 5.73 Å². The van der Waals surface area contributed by atoms with Crippen molar-refractivity contribution in [2.75, 3.05) is 18.8 Å². The van der Waals surface area contributed by atoms with Crippen LogP contribution >= 0.6 is 11.6 Å². The van der Waals surface area contributed by atoms with Crippen LogP contribution in [0.5, 0.6) is 0 Å². The molecule has 2 heterocycles. The summed E-state index contributed by atoms with van der Waals surface area (Å²) in [5, 5.41) is 17.0. The molecule has 2 aliphatic rings. The van der Waals surface area contributed by atoms with Gasteiger partial charge in [-0.3, -0.25) is 4.79 Å². The molecule has 2 aromatic rings. The maximum absolute atomic E-state index is 11.5. The molecule has 140 valence electrons. The Balaban J connectivity index is 0.000000151. The van der Waals surface area contributed by atoms with Gasteiger partial charge in [-0.25, -0.2) is 0 Å². The fraction of sp³-hybridized carbons (Fsp3) is 0.500. The standard InChI is InChI=1S/C10H17NO2.C8H6ClN3O/c1-8(12)6-9(13)11-5-4-10(7-11)2-3-10;9-6-3-1-5(2-4-6)7-11-12-8(10)13-7/h8,12H,2-7H2,1H3;1-4H,(H2,10,12). The Bertz CT molecular complexity index is 756. The molecular formula is C18H23ClN4O3. The monoisotopic (exact) mass is 378 g/mol. The van der Waals surface area contributed by atoms with Crippen LogP contribution in [0.1, 0.15) is 32.6 Å². The van der Waals surface area contributed by atoms with Gasteiger partial charge in [-0.2, -0.15) is 0 Å². The lowest BCUT2D eigenvalue weighted by molar-refractivity contribution is -0.132. The molecule has 8 heteroatoms. The second kappa shape index (κ2) is 7.63. The summed E-state index contributed by atoms with van der Waals surface area (Å²) in [7, 11) is 0. The SMILES string of the molecule is CC(O)CC(=O)N1CCC2(CC2)C1.Nc1nnc(-c2ccc(Cl)cc2)o1. The number of aliphatic hydroxyl groups is 1. The lowest BCUT2D eigenvalue weighted by Gasteiger charge is -2.17. The highest BCUT2D eigenvalue weighted by atomic mass is 35.5. The van der Waals surface area contributed by atoms with Crippen molar-refractivity contribution in [3.8, 4) is 11.5 Å². The molecule has 1 spiro atoms. The van der Waals surface area contributed by atoms with Gasteiger partial charge >= 0.3 is 6.01 Å². The van der Waals surface area contributed by atoms with Gasteiger partial charge in [0.25, 0.3) is 0 Å². The number of nitrogens with two attached hydrogens (primary N) is 1. The van der Waals surface area contributed by atoms with Crippen molar-refractivity contribution in [1.82, 2.24) is 15.1 Å². The molecule has 1 unspecified atom stereocenters. The summed E-state index contributed by atoms with van der Waals surface area (Å²) < 4.78 is 5.02. The number of hydrogen-bond acceptors (Lipinski definition) is 6. The summed E-state index contributed by atoms with van der Waals surface area (Å²) >= 11 is 5.71. The maximum atomic E-state index is 11.5. The zero-order chi connectivity index (χ0) is 18.7. The average Bonchev–Trinajstić information content (AvgIpc) is 3.00. The van der Waals surface area contributed by atoms with Crippen molar-refractivity contribution in [1.29, 1.82) is 0 Å². The molecule has 7 nitrogen and oxygen atoms in total. The highest BCUT2D eigenvalue weighted by molar-refractivity contribution is 6.30. The second-order valence-electron chi connectivity index (χ2n) is 7.07. The Morgan fingerprint density at radius 2 is 2.04 bits per heavy atom. The number of likely N-dealkylation sites (tertiary alicyclic amines) is 1. The molecule has 1 aromatic heterocycles. The van der Waals surface area contributed by atoms with Crippen LogP contribution in [0, 0.1) is 5.41 Å². The highest BCUT2D eigenvalue weighted by Crippen LogP contribution is 2.52. The van der Waals surface area contributed by atoms with Crippen molar-refractivity contribution in [2.45, 2.75) is 38.7 Å². The van der Waals surface area contributed by atoms with Crippen LogP contribution in [0.25, 0.3) is 11.5 Å². The van der Waals surface area contributed by atoms with Gasteiger partial charge in [-0.05, 0) is 55.9 Å². The zero-order valence-electron chi connectivity index (χ0n) is 14.7. The molecule has 1 saturated heterocycles. The van der Waals surface area contributed by atoms with Crippen molar-refractivity contribution >= 4 is 23.5 Å². The van der Waals surface area contributed by atoms with Gasteiger partial charge in [0.15, 0.2) is 0 Å². The fourth-order valence-corrected chi connectivity index (χ4v) is 3.18. The molecule has 1 aliphatic heterocycles.